The second kappa shape index (κ2) is 3.33. The van der Waals surface area contributed by atoms with E-state index in [1.807, 2.05) is 0 Å². The first-order valence-electron chi connectivity index (χ1n) is 3.48. The van der Waals surface area contributed by atoms with Gasteiger partial charge in [0.25, 0.3) is 0 Å². The van der Waals surface area contributed by atoms with Crippen molar-refractivity contribution in [1.82, 2.24) is 0 Å². The minimum Gasteiger partial charge on any atom is -0.445 e. The van der Waals surface area contributed by atoms with Crippen LogP contribution in [-0.2, 0) is 0 Å². The van der Waals surface area contributed by atoms with Gasteiger partial charge in [0.1, 0.15) is 5.82 Å². The van der Waals surface area contributed by atoms with Gasteiger partial charge in [-0.3, -0.25) is 0 Å². The Morgan fingerprint density at radius 3 is 2.15 bits per heavy atom. The highest BCUT2D eigenvalue weighted by molar-refractivity contribution is 9.10. The summed E-state index contributed by atoms with van der Waals surface area (Å²) in [6, 6.07) is 2.49. The van der Waals surface area contributed by atoms with Crippen LogP contribution < -0.4 is 5.46 Å². The SMILES string of the molecule is Cc1ccc(Br)c(F)c1[B-](F)(F)F. The number of hydrogen-bond donors (Lipinski definition) is 0. The summed E-state index contributed by atoms with van der Waals surface area (Å²) in [4.78, 5) is 0. The monoisotopic (exact) mass is 255 g/mol. The van der Waals surface area contributed by atoms with Crippen LogP contribution in [0.4, 0.5) is 17.3 Å². The molecule has 0 amide bonds. The van der Waals surface area contributed by atoms with Crippen LogP contribution in [0.3, 0.4) is 0 Å². The highest BCUT2D eigenvalue weighted by atomic mass is 79.9. The van der Waals surface area contributed by atoms with Crippen molar-refractivity contribution < 1.29 is 17.3 Å². The molecule has 13 heavy (non-hydrogen) atoms. The van der Waals surface area contributed by atoms with Crippen molar-refractivity contribution in [3.05, 3.63) is 28.0 Å². The van der Waals surface area contributed by atoms with Gasteiger partial charge < -0.3 is 12.9 Å². The molecule has 0 bridgehead atoms. The lowest BCUT2D eigenvalue weighted by Crippen LogP contribution is -2.39. The molecule has 0 aliphatic rings. The largest absolute Gasteiger partial charge is 0.512 e. The van der Waals surface area contributed by atoms with Gasteiger partial charge in [-0.05, 0) is 28.9 Å². The van der Waals surface area contributed by atoms with Gasteiger partial charge in [-0.15, -0.1) is 0 Å². The second-order valence-corrected chi connectivity index (χ2v) is 3.52. The Morgan fingerprint density at radius 1 is 1.23 bits per heavy atom. The molecular formula is C7H5BBrF4-. The number of rotatable bonds is 1. The molecule has 72 valence electrons. The van der Waals surface area contributed by atoms with Gasteiger partial charge in [0, 0.05) is 0 Å². The van der Waals surface area contributed by atoms with E-state index in [1.54, 1.807) is 0 Å². The molecule has 1 aromatic carbocycles. The molecule has 0 saturated heterocycles. The van der Waals surface area contributed by atoms with E-state index in [0.717, 1.165) is 0 Å². The summed E-state index contributed by atoms with van der Waals surface area (Å²) in [6.45, 7) is -4.04. The fourth-order valence-corrected chi connectivity index (χ4v) is 1.41. The molecule has 0 N–H and O–H groups in total. The zero-order valence-electron chi connectivity index (χ0n) is 6.62. The van der Waals surface area contributed by atoms with Crippen molar-refractivity contribution in [2.24, 2.45) is 0 Å². The molecule has 0 aliphatic heterocycles. The summed E-state index contributed by atoms with van der Waals surface area (Å²) in [5.41, 5.74) is -1.23. The van der Waals surface area contributed by atoms with Gasteiger partial charge >= 0.3 is 6.98 Å². The highest BCUT2D eigenvalue weighted by Gasteiger charge is 2.31. The van der Waals surface area contributed by atoms with E-state index >= 15 is 0 Å². The summed E-state index contributed by atoms with van der Waals surface area (Å²) in [5.74, 6) is -1.23. The maximum Gasteiger partial charge on any atom is 0.512 e. The predicted octanol–water partition coefficient (Wildman–Crippen LogP) is 2.95. The van der Waals surface area contributed by atoms with Crippen molar-refractivity contribution in [3.63, 3.8) is 0 Å². The third-order valence-electron chi connectivity index (χ3n) is 1.68. The van der Waals surface area contributed by atoms with Crippen molar-refractivity contribution in [2.75, 3.05) is 0 Å². The van der Waals surface area contributed by atoms with Crippen LogP contribution in [0.25, 0.3) is 0 Å². The van der Waals surface area contributed by atoms with E-state index in [-0.39, 0.29) is 10.0 Å². The van der Waals surface area contributed by atoms with Crippen molar-refractivity contribution in [3.8, 4) is 0 Å². The first kappa shape index (κ1) is 10.6. The van der Waals surface area contributed by atoms with Gasteiger partial charge in [-0.1, -0.05) is 17.1 Å². The van der Waals surface area contributed by atoms with E-state index in [2.05, 4.69) is 15.9 Å². The standard InChI is InChI=1S/C7H5BBrF4/c1-4-2-3-5(9)7(10)6(4)8(11,12)13/h2-3H,1H3/q-1. The fourth-order valence-electron chi connectivity index (χ4n) is 1.06. The topological polar surface area (TPSA) is 0 Å². The molecule has 1 aromatic rings. The average molecular weight is 256 g/mol. The molecule has 0 nitrogen and oxygen atoms in total. The lowest BCUT2D eigenvalue weighted by Gasteiger charge is -2.19. The Kier molecular flexibility index (Phi) is 2.70. The van der Waals surface area contributed by atoms with E-state index in [0.29, 0.717) is 0 Å². The smallest absolute Gasteiger partial charge is 0.445 e. The normalized spacial score (nSPS) is 11.8. The number of benzene rings is 1. The van der Waals surface area contributed by atoms with Crippen molar-refractivity contribution in [2.45, 2.75) is 6.92 Å². The third-order valence-corrected chi connectivity index (χ3v) is 2.29. The zero-order valence-corrected chi connectivity index (χ0v) is 8.21. The third kappa shape index (κ3) is 2.04. The van der Waals surface area contributed by atoms with Crippen LogP contribution in [-0.4, -0.2) is 6.98 Å². The molecule has 0 atom stereocenters. The highest BCUT2D eigenvalue weighted by Crippen LogP contribution is 2.20. The Balaban J connectivity index is 3.43. The summed E-state index contributed by atoms with van der Waals surface area (Å²) < 4.78 is 49.7. The molecule has 0 aliphatic carbocycles. The van der Waals surface area contributed by atoms with Crippen LogP contribution in [0.5, 0.6) is 0 Å². The second-order valence-electron chi connectivity index (χ2n) is 2.67. The molecule has 0 unspecified atom stereocenters. The molecule has 0 aromatic heterocycles. The minimum absolute atomic E-state index is 0.0896. The van der Waals surface area contributed by atoms with Crippen LogP contribution >= 0.6 is 15.9 Å². The van der Waals surface area contributed by atoms with Gasteiger partial charge in [-0.2, -0.15) is 0 Å². The molecule has 0 fully saturated rings. The fraction of sp³-hybridized carbons (Fsp3) is 0.143. The first-order chi connectivity index (χ1) is 5.84. The molecule has 1 rings (SSSR count). The average Bonchev–Trinajstić information content (AvgIpc) is 1.95. The number of aryl methyl sites for hydroxylation is 1. The lowest BCUT2D eigenvalue weighted by molar-refractivity contribution is 0.493. The zero-order chi connectivity index (χ0) is 10.2. The van der Waals surface area contributed by atoms with Crippen molar-refractivity contribution >= 4 is 28.4 Å². The van der Waals surface area contributed by atoms with Crippen LogP contribution in [0, 0.1) is 12.7 Å². The molecule has 0 radical (unpaired) electrons. The van der Waals surface area contributed by atoms with Crippen LogP contribution in [0.15, 0.2) is 16.6 Å². The molecular weight excluding hydrogens is 251 g/mol. The van der Waals surface area contributed by atoms with Crippen molar-refractivity contribution in [1.29, 1.82) is 0 Å². The summed E-state index contributed by atoms with van der Waals surface area (Å²) in [5, 5.41) is 0. The molecule has 0 heterocycles. The predicted molar refractivity (Wildman–Crippen MR) is 47.5 cm³/mol. The summed E-state index contributed by atoms with van der Waals surface area (Å²) in [6.07, 6.45) is 0. The van der Waals surface area contributed by atoms with E-state index in [9.17, 15) is 17.3 Å². The maximum atomic E-state index is 13.0. The van der Waals surface area contributed by atoms with Gasteiger partial charge in [0.05, 0.1) is 4.47 Å². The summed E-state index contributed by atoms with van der Waals surface area (Å²) in [7, 11) is 0. The Bertz CT molecular complexity index is 334. The van der Waals surface area contributed by atoms with E-state index in [1.165, 1.54) is 19.1 Å². The quantitative estimate of drug-likeness (QED) is 0.535. The minimum atomic E-state index is -5.28. The number of hydrogen-bond acceptors (Lipinski definition) is 0. The van der Waals surface area contributed by atoms with Gasteiger partial charge in [-0.25, -0.2) is 4.39 Å². The van der Waals surface area contributed by atoms with Crippen LogP contribution in [0.2, 0.25) is 0 Å². The first-order valence-corrected chi connectivity index (χ1v) is 4.27. The van der Waals surface area contributed by atoms with Gasteiger partial charge in [0.2, 0.25) is 0 Å². The molecule has 0 spiro atoms. The Labute approximate surface area is 81.1 Å². The Morgan fingerprint density at radius 2 is 1.77 bits per heavy atom. The molecule has 6 heteroatoms. The number of halogens is 5. The maximum absolute atomic E-state index is 13.0. The van der Waals surface area contributed by atoms with Crippen LogP contribution in [0.1, 0.15) is 5.56 Å². The lowest BCUT2D eigenvalue weighted by atomic mass is 9.77. The van der Waals surface area contributed by atoms with Gasteiger partial charge in [0.15, 0.2) is 0 Å². The van der Waals surface area contributed by atoms with E-state index in [4.69, 9.17) is 0 Å². The Hall–Kier alpha value is -0.515. The molecule has 0 saturated carbocycles. The van der Waals surface area contributed by atoms with E-state index < -0.39 is 18.3 Å². The summed E-state index contributed by atoms with van der Waals surface area (Å²) >= 11 is 2.71.